The van der Waals surface area contributed by atoms with Crippen LogP contribution in [0.25, 0.3) is 0 Å². The monoisotopic (exact) mass is 329 g/mol. The molecule has 0 bridgehead atoms. The van der Waals surface area contributed by atoms with E-state index in [2.05, 4.69) is 34.9 Å². The van der Waals surface area contributed by atoms with Gasteiger partial charge in [-0.05, 0) is 48.2 Å². The minimum Gasteiger partial charge on any atom is -0.330 e. The van der Waals surface area contributed by atoms with Gasteiger partial charge in [0.15, 0.2) is 0 Å². The van der Waals surface area contributed by atoms with Gasteiger partial charge in [-0.3, -0.25) is 9.48 Å². The van der Waals surface area contributed by atoms with E-state index in [0.717, 1.165) is 35.2 Å². The molecule has 0 radical (unpaired) electrons. The summed E-state index contributed by atoms with van der Waals surface area (Å²) >= 11 is 3.57. The second kappa shape index (κ2) is 7.80. The Morgan fingerprint density at radius 3 is 2.68 bits per heavy atom. The first-order valence-electron chi connectivity index (χ1n) is 6.99. The Balaban J connectivity index is 2.70. The summed E-state index contributed by atoms with van der Waals surface area (Å²) in [6, 6.07) is 0. The fourth-order valence-corrected chi connectivity index (χ4v) is 2.69. The summed E-state index contributed by atoms with van der Waals surface area (Å²) in [4.78, 5) is 12.0. The van der Waals surface area contributed by atoms with Gasteiger partial charge < -0.3 is 5.73 Å². The molecule has 4 nitrogen and oxygen atoms in total. The summed E-state index contributed by atoms with van der Waals surface area (Å²) in [5.41, 5.74) is 7.60. The van der Waals surface area contributed by atoms with Crippen molar-refractivity contribution in [1.82, 2.24) is 9.78 Å². The molecule has 1 atom stereocenters. The standard InChI is InChI=1S/C14H24BrN3O/c1-4-12-14(15)13(18(5-2)17-12)8-11(19)7-6-10(3)9-16/h10H,4-9,16H2,1-3H3. The van der Waals surface area contributed by atoms with Crippen molar-refractivity contribution < 1.29 is 4.79 Å². The highest BCUT2D eigenvalue weighted by Crippen LogP contribution is 2.23. The van der Waals surface area contributed by atoms with Crippen molar-refractivity contribution >= 4 is 21.7 Å². The lowest BCUT2D eigenvalue weighted by molar-refractivity contribution is -0.118. The normalized spacial score (nSPS) is 12.7. The van der Waals surface area contributed by atoms with Gasteiger partial charge in [-0.15, -0.1) is 0 Å². The number of rotatable bonds is 8. The molecule has 0 spiro atoms. The number of carbonyl (C=O) groups is 1. The lowest BCUT2D eigenvalue weighted by Crippen LogP contribution is -2.14. The van der Waals surface area contributed by atoms with E-state index in [1.54, 1.807) is 0 Å². The SMILES string of the molecule is CCc1nn(CC)c(CC(=O)CCC(C)CN)c1Br. The van der Waals surface area contributed by atoms with Crippen LogP contribution >= 0.6 is 15.9 Å². The van der Waals surface area contributed by atoms with Crippen LogP contribution in [-0.4, -0.2) is 22.1 Å². The zero-order valence-electron chi connectivity index (χ0n) is 12.1. The third-order valence-electron chi connectivity index (χ3n) is 3.38. The summed E-state index contributed by atoms with van der Waals surface area (Å²) < 4.78 is 2.92. The maximum atomic E-state index is 12.0. The maximum absolute atomic E-state index is 12.0. The first-order valence-corrected chi connectivity index (χ1v) is 7.78. The molecular weight excluding hydrogens is 306 g/mol. The third kappa shape index (κ3) is 4.42. The number of halogens is 1. The Bertz CT molecular complexity index is 429. The van der Waals surface area contributed by atoms with Crippen molar-refractivity contribution in [3.8, 4) is 0 Å². The van der Waals surface area contributed by atoms with Crippen LogP contribution in [0.15, 0.2) is 4.47 Å². The number of ketones is 1. The van der Waals surface area contributed by atoms with Crippen LogP contribution in [-0.2, 0) is 24.2 Å². The van der Waals surface area contributed by atoms with Gasteiger partial charge >= 0.3 is 0 Å². The number of carbonyl (C=O) groups excluding carboxylic acids is 1. The molecule has 1 heterocycles. The van der Waals surface area contributed by atoms with E-state index in [0.29, 0.717) is 25.3 Å². The number of nitrogens with zero attached hydrogens (tertiary/aromatic N) is 2. The van der Waals surface area contributed by atoms with Crippen LogP contribution in [0, 0.1) is 5.92 Å². The van der Waals surface area contributed by atoms with E-state index in [9.17, 15) is 4.79 Å². The Hall–Kier alpha value is -0.680. The van der Waals surface area contributed by atoms with Gasteiger partial charge in [0, 0.05) is 19.4 Å². The van der Waals surface area contributed by atoms with Crippen LogP contribution in [0.1, 0.15) is 45.0 Å². The molecule has 0 saturated carbocycles. The number of Topliss-reactive ketones (excluding diaryl/α,β-unsaturated/α-hetero) is 1. The Kier molecular flexibility index (Phi) is 6.72. The van der Waals surface area contributed by atoms with Gasteiger partial charge in [0.1, 0.15) is 5.78 Å². The molecule has 1 unspecified atom stereocenters. The predicted molar refractivity (Wildman–Crippen MR) is 81.1 cm³/mol. The molecule has 0 aliphatic rings. The molecule has 0 aliphatic carbocycles. The molecule has 0 amide bonds. The maximum Gasteiger partial charge on any atom is 0.138 e. The van der Waals surface area contributed by atoms with E-state index in [4.69, 9.17) is 5.73 Å². The minimum absolute atomic E-state index is 0.262. The van der Waals surface area contributed by atoms with Gasteiger partial charge in [-0.25, -0.2) is 0 Å². The van der Waals surface area contributed by atoms with Crippen LogP contribution < -0.4 is 5.73 Å². The molecule has 0 saturated heterocycles. The largest absolute Gasteiger partial charge is 0.330 e. The number of hydrogen-bond donors (Lipinski definition) is 1. The fourth-order valence-electron chi connectivity index (χ4n) is 1.99. The molecule has 0 aliphatic heterocycles. The molecule has 0 aromatic carbocycles. The molecule has 0 fully saturated rings. The number of nitrogens with two attached hydrogens (primary N) is 1. The Labute approximate surface area is 123 Å². The highest BCUT2D eigenvalue weighted by Gasteiger charge is 2.17. The predicted octanol–water partition coefficient (Wildman–Crippen LogP) is 2.71. The van der Waals surface area contributed by atoms with E-state index in [1.165, 1.54) is 0 Å². The molecule has 5 heteroatoms. The van der Waals surface area contributed by atoms with Gasteiger partial charge in [0.25, 0.3) is 0 Å². The van der Waals surface area contributed by atoms with Crippen molar-refractivity contribution in [3.05, 3.63) is 15.9 Å². The third-order valence-corrected chi connectivity index (χ3v) is 4.29. The van der Waals surface area contributed by atoms with Crippen molar-refractivity contribution in [2.24, 2.45) is 11.7 Å². The smallest absolute Gasteiger partial charge is 0.138 e. The first-order chi connectivity index (χ1) is 9.03. The molecule has 1 aromatic rings. The number of aromatic nitrogens is 2. The van der Waals surface area contributed by atoms with E-state index in [-0.39, 0.29) is 5.78 Å². The Morgan fingerprint density at radius 1 is 1.47 bits per heavy atom. The van der Waals surface area contributed by atoms with Gasteiger partial charge in [-0.2, -0.15) is 5.10 Å². The second-order valence-electron chi connectivity index (χ2n) is 4.97. The number of hydrogen-bond acceptors (Lipinski definition) is 3. The van der Waals surface area contributed by atoms with E-state index < -0.39 is 0 Å². The second-order valence-corrected chi connectivity index (χ2v) is 5.76. The highest BCUT2D eigenvalue weighted by atomic mass is 79.9. The van der Waals surface area contributed by atoms with E-state index >= 15 is 0 Å². The molecule has 19 heavy (non-hydrogen) atoms. The van der Waals surface area contributed by atoms with Crippen molar-refractivity contribution in [2.45, 2.75) is 53.0 Å². The van der Waals surface area contributed by atoms with Crippen molar-refractivity contribution in [3.63, 3.8) is 0 Å². The molecule has 108 valence electrons. The van der Waals surface area contributed by atoms with E-state index in [1.807, 2.05) is 11.6 Å². The van der Waals surface area contributed by atoms with Crippen LogP contribution in [0.4, 0.5) is 0 Å². The lowest BCUT2D eigenvalue weighted by atomic mass is 10.0. The molecule has 1 aromatic heterocycles. The quantitative estimate of drug-likeness (QED) is 0.797. The zero-order chi connectivity index (χ0) is 14.4. The van der Waals surface area contributed by atoms with Gasteiger partial charge in [0.2, 0.25) is 0 Å². The molecular formula is C14H24BrN3O. The first kappa shape index (κ1) is 16.4. The van der Waals surface area contributed by atoms with Gasteiger partial charge in [0.05, 0.1) is 15.9 Å². The fraction of sp³-hybridized carbons (Fsp3) is 0.714. The van der Waals surface area contributed by atoms with Crippen LogP contribution in [0.5, 0.6) is 0 Å². The summed E-state index contributed by atoms with van der Waals surface area (Å²) in [7, 11) is 0. The molecule has 1 rings (SSSR count). The molecule has 2 N–H and O–H groups in total. The summed E-state index contributed by atoms with van der Waals surface area (Å²) in [6.45, 7) is 7.63. The topological polar surface area (TPSA) is 60.9 Å². The lowest BCUT2D eigenvalue weighted by Gasteiger charge is -2.08. The summed E-state index contributed by atoms with van der Waals surface area (Å²) in [6.07, 6.45) is 2.80. The number of aryl methyl sites for hydroxylation is 2. The van der Waals surface area contributed by atoms with Crippen molar-refractivity contribution in [1.29, 1.82) is 0 Å². The average Bonchev–Trinajstić information content (AvgIpc) is 2.72. The van der Waals surface area contributed by atoms with Crippen molar-refractivity contribution in [2.75, 3.05) is 6.54 Å². The Morgan fingerprint density at radius 2 is 2.16 bits per heavy atom. The zero-order valence-corrected chi connectivity index (χ0v) is 13.7. The highest BCUT2D eigenvalue weighted by molar-refractivity contribution is 9.10. The van der Waals surface area contributed by atoms with Crippen LogP contribution in [0.2, 0.25) is 0 Å². The average molecular weight is 330 g/mol. The van der Waals surface area contributed by atoms with Crippen LogP contribution in [0.3, 0.4) is 0 Å². The van der Waals surface area contributed by atoms with Gasteiger partial charge in [-0.1, -0.05) is 13.8 Å². The summed E-state index contributed by atoms with van der Waals surface area (Å²) in [5, 5.41) is 4.51. The summed E-state index contributed by atoms with van der Waals surface area (Å²) in [5.74, 6) is 0.674. The minimum atomic E-state index is 0.262.